The highest BCUT2D eigenvalue weighted by Gasteiger charge is 2.44. The smallest absolute Gasteiger partial charge is 0.249 e. The van der Waals surface area contributed by atoms with E-state index in [1.807, 2.05) is 28.0 Å². The van der Waals surface area contributed by atoms with Gasteiger partial charge in [-0.2, -0.15) is 0 Å². The minimum Gasteiger partial charge on any atom is -0.375 e. The van der Waals surface area contributed by atoms with Crippen LogP contribution < -0.4 is 5.32 Å². The molecule has 0 saturated carbocycles. The van der Waals surface area contributed by atoms with Gasteiger partial charge in [-0.25, -0.2) is 0 Å². The molecule has 1 aromatic carbocycles. The molecule has 2 aliphatic heterocycles. The lowest BCUT2D eigenvalue weighted by Crippen LogP contribution is -2.49. The molecule has 2 unspecified atom stereocenters. The molecule has 35 heavy (non-hydrogen) atoms. The Morgan fingerprint density at radius 3 is 2.54 bits per heavy atom. The average Bonchev–Trinajstić information content (AvgIpc) is 3.05. The van der Waals surface area contributed by atoms with E-state index < -0.39 is 6.04 Å². The minimum absolute atomic E-state index is 0.0214. The highest BCUT2D eigenvalue weighted by atomic mass is 16.5. The first-order valence-corrected chi connectivity index (χ1v) is 12.8. The predicted molar refractivity (Wildman–Crippen MR) is 136 cm³/mol. The summed E-state index contributed by atoms with van der Waals surface area (Å²) in [7, 11) is 1.49. The quantitative estimate of drug-likeness (QED) is 0.607. The van der Waals surface area contributed by atoms with Gasteiger partial charge in [0.2, 0.25) is 17.7 Å². The Balaban J connectivity index is 1.82. The lowest BCUT2D eigenvalue weighted by Gasteiger charge is -2.32. The van der Waals surface area contributed by atoms with Crippen LogP contribution in [0.1, 0.15) is 45.6 Å². The number of methoxy groups -OCH3 is 1. The van der Waals surface area contributed by atoms with Gasteiger partial charge in [0.15, 0.2) is 0 Å². The van der Waals surface area contributed by atoms with Crippen LogP contribution in [0.25, 0.3) is 0 Å². The number of benzene rings is 1. The number of rotatable bonds is 8. The van der Waals surface area contributed by atoms with Gasteiger partial charge in [0.1, 0.15) is 12.6 Å². The summed E-state index contributed by atoms with van der Waals surface area (Å²) in [6, 6.07) is 9.35. The molecule has 2 aliphatic rings. The summed E-state index contributed by atoms with van der Waals surface area (Å²) in [5.41, 5.74) is 1.01. The molecule has 0 spiro atoms. The molecule has 194 valence electrons. The molecule has 2 heterocycles. The third-order valence-electron chi connectivity index (χ3n) is 6.73. The zero-order valence-electron chi connectivity index (χ0n) is 21.8. The molecule has 8 heteroatoms. The van der Waals surface area contributed by atoms with E-state index in [4.69, 9.17) is 4.74 Å². The number of likely N-dealkylation sites (tertiary alicyclic amines) is 1. The fourth-order valence-corrected chi connectivity index (χ4v) is 4.99. The lowest BCUT2D eigenvalue weighted by molar-refractivity contribution is -0.145. The molecule has 0 aromatic heterocycles. The van der Waals surface area contributed by atoms with E-state index in [0.29, 0.717) is 39.0 Å². The molecule has 0 bridgehead atoms. The Kier molecular flexibility index (Phi) is 9.69. The van der Waals surface area contributed by atoms with Crippen molar-refractivity contribution >= 4 is 17.7 Å². The number of carbonyl (C=O) groups excluding carboxylic acids is 3. The summed E-state index contributed by atoms with van der Waals surface area (Å²) < 4.78 is 5.12. The van der Waals surface area contributed by atoms with Crippen molar-refractivity contribution in [2.24, 2.45) is 5.41 Å². The van der Waals surface area contributed by atoms with Crippen LogP contribution in [-0.2, 0) is 25.5 Å². The maximum absolute atomic E-state index is 13.6. The van der Waals surface area contributed by atoms with Crippen molar-refractivity contribution in [3.05, 3.63) is 35.9 Å². The molecule has 0 aliphatic carbocycles. The summed E-state index contributed by atoms with van der Waals surface area (Å²) >= 11 is 0. The number of ether oxygens (including phenoxy) is 1. The van der Waals surface area contributed by atoms with Gasteiger partial charge >= 0.3 is 0 Å². The Hall–Kier alpha value is -2.45. The van der Waals surface area contributed by atoms with Crippen LogP contribution in [-0.4, -0.2) is 97.5 Å². The first-order valence-electron chi connectivity index (χ1n) is 12.8. The van der Waals surface area contributed by atoms with Gasteiger partial charge in [0.25, 0.3) is 0 Å². The molecule has 1 N–H and O–H groups in total. The molecule has 8 nitrogen and oxygen atoms in total. The van der Waals surface area contributed by atoms with Gasteiger partial charge in [-0.15, -0.1) is 0 Å². The molecular formula is C27H42N4O4. The fraction of sp³-hybridized carbons (Fsp3) is 0.667. The highest BCUT2D eigenvalue weighted by molar-refractivity contribution is 5.89. The fourth-order valence-electron chi connectivity index (χ4n) is 4.99. The summed E-state index contributed by atoms with van der Waals surface area (Å²) in [4.78, 5) is 45.5. The number of hydrogen-bond acceptors (Lipinski definition) is 5. The predicted octanol–water partition coefficient (Wildman–Crippen LogP) is 1.93. The first-order chi connectivity index (χ1) is 16.7. The standard InChI is InChI=1S/C27H42N4O4/c1-27(2,3)18-24(32)30(15-11-21-9-6-5-7-10-21)22-17-23(31(19-22)25(33)20-35-4)26(34)29-14-8-12-28-13-16-29/h5-7,9-10,22-23,28H,8,11-20H2,1-4H3. The van der Waals surface area contributed by atoms with Crippen molar-refractivity contribution in [1.29, 1.82) is 0 Å². The molecular weight excluding hydrogens is 444 g/mol. The second-order valence-electron chi connectivity index (χ2n) is 10.9. The van der Waals surface area contributed by atoms with Gasteiger partial charge in [-0.05, 0) is 36.8 Å². The number of nitrogens with one attached hydrogen (secondary N) is 1. The van der Waals surface area contributed by atoms with Crippen molar-refractivity contribution in [2.75, 3.05) is 53.0 Å². The third-order valence-corrected chi connectivity index (χ3v) is 6.73. The maximum Gasteiger partial charge on any atom is 0.249 e. The van der Waals surface area contributed by atoms with Crippen molar-refractivity contribution in [3.8, 4) is 0 Å². The van der Waals surface area contributed by atoms with Crippen molar-refractivity contribution in [2.45, 2.75) is 58.5 Å². The third kappa shape index (κ3) is 7.77. The molecule has 0 radical (unpaired) electrons. The Bertz CT molecular complexity index is 846. The molecule has 2 saturated heterocycles. The van der Waals surface area contributed by atoms with Crippen LogP contribution in [0.3, 0.4) is 0 Å². The highest BCUT2D eigenvalue weighted by Crippen LogP contribution is 2.28. The van der Waals surface area contributed by atoms with Crippen molar-refractivity contribution in [3.63, 3.8) is 0 Å². The second kappa shape index (κ2) is 12.5. The van der Waals surface area contributed by atoms with Gasteiger partial charge in [-0.1, -0.05) is 51.1 Å². The van der Waals surface area contributed by atoms with Crippen LogP contribution in [0.15, 0.2) is 30.3 Å². The summed E-state index contributed by atoms with van der Waals surface area (Å²) in [5.74, 6) is -0.149. The van der Waals surface area contributed by atoms with E-state index in [9.17, 15) is 14.4 Å². The minimum atomic E-state index is -0.567. The van der Waals surface area contributed by atoms with Crippen LogP contribution in [0, 0.1) is 5.41 Å². The van der Waals surface area contributed by atoms with E-state index in [0.717, 1.165) is 31.5 Å². The van der Waals surface area contributed by atoms with Gasteiger partial charge in [0.05, 0.1) is 6.04 Å². The largest absolute Gasteiger partial charge is 0.375 e. The van der Waals surface area contributed by atoms with Gasteiger partial charge in [-0.3, -0.25) is 14.4 Å². The topological polar surface area (TPSA) is 82.2 Å². The van der Waals surface area contributed by atoms with Crippen LogP contribution in [0.5, 0.6) is 0 Å². The number of nitrogens with zero attached hydrogens (tertiary/aromatic N) is 3. The Morgan fingerprint density at radius 1 is 1.11 bits per heavy atom. The second-order valence-corrected chi connectivity index (χ2v) is 10.9. The van der Waals surface area contributed by atoms with Crippen molar-refractivity contribution < 1.29 is 19.1 Å². The van der Waals surface area contributed by atoms with E-state index >= 15 is 0 Å². The Morgan fingerprint density at radius 2 is 1.86 bits per heavy atom. The normalized spacial score (nSPS) is 21.0. The van der Waals surface area contributed by atoms with E-state index in [1.165, 1.54) is 7.11 Å². The van der Waals surface area contributed by atoms with Crippen LogP contribution >= 0.6 is 0 Å². The molecule has 1 aromatic rings. The van der Waals surface area contributed by atoms with E-state index in [-0.39, 0.29) is 35.8 Å². The van der Waals surface area contributed by atoms with Gasteiger partial charge < -0.3 is 24.8 Å². The van der Waals surface area contributed by atoms with Crippen LogP contribution in [0.2, 0.25) is 0 Å². The van der Waals surface area contributed by atoms with Crippen molar-refractivity contribution in [1.82, 2.24) is 20.0 Å². The molecule has 3 amide bonds. The van der Waals surface area contributed by atoms with Crippen LogP contribution in [0.4, 0.5) is 0 Å². The SMILES string of the molecule is COCC(=O)N1CC(N(CCc2ccccc2)C(=O)CC(C)(C)C)CC1C(=O)N1CCCNCC1. The maximum atomic E-state index is 13.6. The monoisotopic (exact) mass is 486 g/mol. The van der Waals surface area contributed by atoms with E-state index in [2.05, 4.69) is 38.2 Å². The lowest BCUT2D eigenvalue weighted by atomic mass is 9.91. The number of hydrogen-bond donors (Lipinski definition) is 1. The van der Waals surface area contributed by atoms with E-state index in [1.54, 1.807) is 4.90 Å². The first kappa shape index (κ1) is 27.1. The molecule has 2 atom stereocenters. The van der Waals surface area contributed by atoms with Gasteiger partial charge in [0, 0.05) is 46.3 Å². The molecule has 3 rings (SSSR count). The zero-order chi connectivity index (χ0) is 25.4. The number of carbonyl (C=O) groups is 3. The zero-order valence-corrected chi connectivity index (χ0v) is 21.8. The average molecular weight is 487 g/mol. The summed E-state index contributed by atoms with van der Waals surface area (Å²) in [6.07, 6.45) is 2.50. The summed E-state index contributed by atoms with van der Waals surface area (Å²) in [6.45, 7) is 9.97. The molecule has 2 fully saturated rings. The Labute approximate surface area is 210 Å². The number of amides is 3. The summed E-state index contributed by atoms with van der Waals surface area (Å²) in [5, 5.41) is 3.33.